The molecule has 33 heavy (non-hydrogen) atoms. The van der Waals surface area contributed by atoms with Gasteiger partial charge in [-0.2, -0.15) is 0 Å². The Morgan fingerprint density at radius 3 is 2.76 bits per heavy atom. The van der Waals surface area contributed by atoms with Crippen LogP contribution in [0.4, 0.5) is 4.79 Å². The van der Waals surface area contributed by atoms with Gasteiger partial charge in [0.05, 0.1) is 31.7 Å². The molecule has 4 fully saturated rings. The number of allylic oxidation sites excluding steroid dienone is 1. The van der Waals surface area contributed by atoms with E-state index in [0.29, 0.717) is 25.6 Å². The lowest BCUT2D eigenvalue weighted by molar-refractivity contribution is -0.125. The molecule has 6 atom stereocenters. The molecule has 0 radical (unpaired) electrons. The molecule has 1 spiro atoms. The summed E-state index contributed by atoms with van der Waals surface area (Å²) in [6, 6.07) is 5.53. The van der Waals surface area contributed by atoms with Crippen LogP contribution in [0.15, 0.2) is 36.0 Å². The fourth-order valence-electron chi connectivity index (χ4n) is 5.52. The van der Waals surface area contributed by atoms with Crippen molar-refractivity contribution in [2.75, 3.05) is 26.8 Å². The SMILES string of the molecule is CO[C@H]1C([C@@]2(C)O[C@@H]2CC=C(C)C)[C@]2(CC[C@H]1OC(=O)N1CC(Oc3ccccn3)C1)CO2. The third kappa shape index (κ3) is 4.36. The summed E-state index contributed by atoms with van der Waals surface area (Å²) in [7, 11) is 1.69. The van der Waals surface area contributed by atoms with Gasteiger partial charge in [-0.3, -0.25) is 0 Å². The van der Waals surface area contributed by atoms with E-state index in [9.17, 15) is 4.79 Å². The number of rotatable bonds is 7. The first-order valence-corrected chi connectivity index (χ1v) is 11.9. The van der Waals surface area contributed by atoms with Crippen LogP contribution in [0, 0.1) is 5.92 Å². The second-order valence-corrected chi connectivity index (χ2v) is 10.1. The summed E-state index contributed by atoms with van der Waals surface area (Å²) in [5.41, 5.74) is 0.715. The molecule has 3 saturated heterocycles. The maximum Gasteiger partial charge on any atom is 0.410 e. The summed E-state index contributed by atoms with van der Waals surface area (Å²) in [6.45, 7) is 8.03. The molecule has 0 N–H and O–H groups in total. The zero-order chi connectivity index (χ0) is 23.2. The van der Waals surface area contributed by atoms with Crippen LogP contribution in [0.1, 0.15) is 40.0 Å². The highest BCUT2D eigenvalue weighted by Crippen LogP contribution is 2.59. The van der Waals surface area contributed by atoms with E-state index in [-0.39, 0.29) is 47.6 Å². The van der Waals surface area contributed by atoms with Gasteiger partial charge >= 0.3 is 6.09 Å². The Hall–Kier alpha value is -2.16. The lowest BCUT2D eigenvalue weighted by Crippen LogP contribution is -2.59. The van der Waals surface area contributed by atoms with Crippen LogP contribution >= 0.6 is 0 Å². The average molecular weight is 459 g/mol. The number of pyridine rings is 1. The summed E-state index contributed by atoms with van der Waals surface area (Å²) in [6.07, 6.45) is 5.48. The van der Waals surface area contributed by atoms with Gasteiger partial charge < -0.3 is 28.6 Å². The van der Waals surface area contributed by atoms with Gasteiger partial charge in [-0.25, -0.2) is 9.78 Å². The predicted molar refractivity (Wildman–Crippen MR) is 120 cm³/mol. The van der Waals surface area contributed by atoms with Gasteiger partial charge in [0.1, 0.15) is 29.5 Å². The maximum atomic E-state index is 12.9. The van der Waals surface area contributed by atoms with Crippen LogP contribution in [-0.2, 0) is 18.9 Å². The third-order valence-corrected chi connectivity index (χ3v) is 7.52. The van der Waals surface area contributed by atoms with Crippen molar-refractivity contribution >= 4 is 6.09 Å². The molecule has 5 rings (SSSR count). The number of hydrogen-bond donors (Lipinski definition) is 0. The molecule has 0 aromatic carbocycles. The number of epoxide rings is 2. The van der Waals surface area contributed by atoms with Gasteiger partial charge in [-0.1, -0.05) is 17.7 Å². The summed E-state index contributed by atoms with van der Waals surface area (Å²) in [4.78, 5) is 18.7. The lowest BCUT2D eigenvalue weighted by Gasteiger charge is -2.44. The quantitative estimate of drug-likeness (QED) is 0.457. The van der Waals surface area contributed by atoms with E-state index in [4.69, 9.17) is 23.7 Å². The van der Waals surface area contributed by atoms with Gasteiger partial charge in [0.15, 0.2) is 0 Å². The van der Waals surface area contributed by atoms with Crippen molar-refractivity contribution in [2.45, 2.75) is 75.7 Å². The number of hydrogen-bond acceptors (Lipinski definition) is 7. The van der Waals surface area contributed by atoms with Crippen LogP contribution in [0.3, 0.4) is 0 Å². The van der Waals surface area contributed by atoms with Crippen molar-refractivity contribution in [1.29, 1.82) is 0 Å². The van der Waals surface area contributed by atoms with Crippen molar-refractivity contribution in [2.24, 2.45) is 5.92 Å². The zero-order valence-corrected chi connectivity index (χ0v) is 19.9. The molecule has 1 aliphatic carbocycles. The molecule has 1 amide bonds. The van der Waals surface area contributed by atoms with Gasteiger partial charge in [-0.15, -0.1) is 0 Å². The molecule has 8 nitrogen and oxygen atoms in total. The average Bonchev–Trinajstić information content (AvgIpc) is 3.68. The van der Waals surface area contributed by atoms with Crippen molar-refractivity contribution in [1.82, 2.24) is 9.88 Å². The summed E-state index contributed by atoms with van der Waals surface area (Å²) >= 11 is 0. The maximum absolute atomic E-state index is 12.9. The van der Waals surface area contributed by atoms with E-state index in [1.165, 1.54) is 5.57 Å². The summed E-state index contributed by atoms with van der Waals surface area (Å²) in [5.74, 6) is 0.592. The molecule has 3 aliphatic heterocycles. The minimum absolute atomic E-state index is 0.0220. The Bertz CT molecular complexity index is 893. The van der Waals surface area contributed by atoms with Crippen molar-refractivity contribution in [3.63, 3.8) is 0 Å². The standard InChI is InChI=1S/C25H34N2O6/c1-16(2)8-9-19-24(3,33-19)22-21(29-4)18(10-11-25(22)15-30-25)32-23(28)27-13-17(14-27)31-20-7-5-6-12-26-20/h5-8,12,17-19,21-22H,9-11,13-15H2,1-4H3/t18-,19-,21-,22?,24+,25+/m1/s1. The molecule has 4 heterocycles. The van der Waals surface area contributed by atoms with Gasteiger partial charge in [0.25, 0.3) is 0 Å². The molecule has 0 bridgehead atoms. The number of methoxy groups -OCH3 is 1. The highest BCUT2D eigenvalue weighted by atomic mass is 16.6. The number of carbonyl (C=O) groups is 1. The number of nitrogens with zero attached hydrogens (tertiary/aromatic N) is 2. The molecule has 1 unspecified atom stereocenters. The zero-order valence-electron chi connectivity index (χ0n) is 19.9. The normalized spacial score (nSPS) is 37.3. The van der Waals surface area contributed by atoms with Crippen LogP contribution in [0.5, 0.6) is 5.88 Å². The largest absolute Gasteiger partial charge is 0.471 e. The van der Waals surface area contributed by atoms with Crippen LogP contribution in [0.25, 0.3) is 0 Å². The molecule has 180 valence electrons. The Balaban J connectivity index is 1.20. The Kier molecular flexibility index (Phi) is 5.87. The van der Waals surface area contributed by atoms with Gasteiger partial charge in [0.2, 0.25) is 5.88 Å². The van der Waals surface area contributed by atoms with E-state index in [0.717, 1.165) is 19.3 Å². The topological polar surface area (TPSA) is 86.0 Å². The fraction of sp³-hybridized carbons (Fsp3) is 0.680. The van der Waals surface area contributed by atoms with E-state index >= 15 is 0 Å². The lowest BCUT2D eigenvalue weighted by atomic mass is 9.68. The van der Waals surface area contributed by atoms with Crippen molar-refractivity contribution < 1.29 is 28.5 Å². The first-order chi connectivity index (χ1) is 15.8. The predicted octanol–water partition coefficient (Wildman–Crippen LogP) is 3.36. The van der Waals surface area contributed by atoms with E-state index in [2.05, 4.69) is 31.8 Å². The summed E-state index contributed by atoms with van der Waals surface area (Å²) < 4.78 is 29.9. The number of carbonyl (C=O) groups excluding carboxylic acids is 1. The van der Waals surface area contributed by atoms with E-state index in [1.807, 2.05) is 18.2 Å². The number of amides is 1. The number of ether oxygens (including phenoxy) is 5. The van der Waals surface area contributed by atoms with Crippen LogP contribution in [0.2, 0.25) is 0 Å². The summed E-state index contributed by atoms with van der Waals surface area (Å²) in [5, 5.41) is 0. The highest BCUT2D eigenvalue weighted by Gasteiger charge is 2.72. The molecular formula is C25H34N2O6. The minimum atomic E-state index is -0.341. The fourth-order valence-corrected chi connectivity index (χ4v) is 5.52. The third-order valence-electron chi connectivity index (χ3n) is 7.52. The van der Waals surface area contributed by atoms with E-state index in [1.54, 1.807) is 18.2 Å². The molecule has 1 aromatic rings. The molecule has 1 saturated carbocycles. The molecule has 8 heteroatoms. The number of likely N-dealkylation sites (tertiary alicyclic amines) is 1. The first-order valence-electron chi connectivity index (χ1n) is 11.9. The first kappa shape index (κ1) is 22.6. The second kappa shape index (κ2) is 8.56. The number of aromatic nitrogens is 1. The molecular weight excluding hydrogens is 424 g/mol. The second-order valence-electron chi connectivity index (χ2n) is 10.1. The van der Waals surface area contributed by atoms with Gasteiger partial charge in [-0.05, 0) is 46.1 Å². The van der Waals surface area contributed by atoms with Gasteiger partial charge in [0, 0.05) is 19.4 Å². The monoisotopic (exact) mass is 458 g/mol. The smallest absolute Gasteiger partial charge is 0.410 e. The van der Waals surface area contributed by atoms with Crippen molar-refractivity contribution in [3.05, 3.63) is 36.0 Å². The Labute approximate surface area is 195 Å². The Morgan fingerprint density at radius 2 is 2.12 bits per heavy atom. The highest BCUT2D eigenvalue weighted by molar-refractivity contribution is 5.69. The van der Waals surface area contributed by atoms with Crippen LogP contribution < -0.4 is 4.74 Å². The van der Waals surface area contributed by atoms with E-state index < -0.39 is 0 Å². The minimum Gasteiger partial charge on any atom is -0.471 e. The molecule has 1 aromatic heterocycles. The van der Waals surface area contributed by atoms with Crippen LogP contribution in [-0.4, -0.2) is 78.4 Å². The molecule has 4 aliphatic rings. The Morgan fingerprint density at radius 1 is 1.33 bits per heavy atom. The van der Waals surface area contributed by atoms with Crippen molar-refractivity contribution in [3.8, 4) is 5.88 Å².